The highest BCUT2D eigenvalue weighted by atomic mass is 127. The summed E-state index contributed by atoms with van der Waals surface area (Å²) >= 11 is 2.41. The molecule has 0 heterocycles. The molecule has 0 N–H and O–H groups in total. The topological polar surface area (TPSA) is 26.3 Å². The van der Waals surface area contributed by atoms with E-state index in [1.165, 1.54) is 18.1 Å². The highest BCUT2D eigenvalue weighted by molar-refractivity contribution is 14.1. The Bertz CT molecular complexity index is 633. The average Bonchev–Trinajstić information content (AvgIpc) is 2.46. The maximum atomic E-state index is 12.0. The van der Waals surface area contributed by atoms with Gasteiger partial charge in [-0.2, -0.15) is 0 Å². The first-order valence-corrected chi connectivity index (χ1v) is 7.94. The van der Waals surface area contributed by atoms with Crippen LogP contribution >= 0.6 is 22.6 Å². The Morgan fingerprint density at radius 1 is 1.14 bits per heavy atom. The van der Waals surface area contributed by atoms with Gasteiger partial charge in [0, 0.05) is 3.42 Å². The molecule has 21 heavy (non-hydrogen) atoms. The second kappa shape index (κ2) is 6.64. The van der Waals surface area contributed by atoms with Crippen LogP contribution in [0, 0.1) is 0 Å². The number of rotatable bonds is 4. The van der Waals surface area contributed by atoms with Gasteiger partial charge in [0.1, 0.15) is 0 Å². The van der Waals surface area contributed by atoms with Gasteiger partial charge in [-0.25, -0.2) is 4.79 Å². The summed E-state index contributed by atoms with van der Waals surface area (Å²) in [6.45, 7) is 4.32. The Balaban J connectivity index is 2.46. The van der Waals surface area contributed by atoms with Crippen molar-refractivity contribution in [1.29, 1.82) is 0 Å². The van der Waals surface area contributed by atoms with E-state index < -0.39 is 0 Å². The average molecular weight is 392 g/mol. The van der Waals surface area contributed by atoms with Crippen molar-refractivity contribution in [3.8, 4) is 0 Å². The van der Waals surface area contributed by atoms with Gasteiger partial charge < -0.3 is 4.74 Å². The number of carbonyl (C=O) groups excluding carboxylic acids is 1. The molecule has 0 aliphatic carbocycles. The zero-order valence-electron chi connectivity index (χ0n) is 12.5. The fraction of sp³-hybridized carbons (Fsp3) is 0.235. The standard InChI is InChI=1S/C17H18BIO2/c1-17(2,19)12-9-10-14(16(20)21-3)15(11-12)18-13-7-5-4-6-8-13/h4-11,18H,1-3H3. The number of carbonyl (C=O) groups is 1. The fourth-order valence-corrected chi connectivity index (χ4v) is 2.57. The lowest BCUT2D eigenvalue weighted by molar-refractivity contribution is 0.0602. The lowest BCUT2D eigenvalue weighted by Gasteiger charge is -2.19. The van der Waals surface area contributed by atoms with Crippen LogP contribution in [0.4, 0.5) is 0 Å². The van der Waals surface area contributed by atoms with E-state index in [9.17, 15) is 4.79 Å². The van der Waals surface area contributed by atoms with Crippen molar-refractivity contribution in [2.45, 2.75) is 17.3 Å². The number of alkyl halides is 1. The molecule has 2 rings (SSSR count). The minimum absolute atomic E-state index is 0.0256. The summed E-state index contributed by atoms with van der Waals surface area (Å²) in [5.41, 5.74) is 4.05. The first-order valence-electron chi connectivity index (χ1n) is 6.86. The van der Waals surface area contributed by atoms with E-state index in [0.717, 1.165) is 12.7 Å². The van der Waals surface area contributed by atoms with Crippen molar-refractivity contribution in [1.82, 2.24) is 0 Å². The summed E-state index contributed by atoms with van der Waals surface area (Å²) in [5.74, 6) is -0.279. The number of hydrogen-bond donors (Lipinski definition) is 0. The summed E-state index contributed by atoms with van der Waals surface area (Å²) in [6.07, 6.45) is 0. The largest absolute Gasteiger partial charge is 0.465 e. The zero-order valence-corrected chi connectivity index (χ0v) is 14.7. The van der Waals surface area contributed by atoms with Crippen LogP contribution in [-0.2, 0) is 8.16 Å². The third-order valence-corrected chi connectivity index (χ3v) is 4.06. The molecule has 0 saturated heterocycles. The molecule has 2 aromatic rings. The van der Waals surface area contributed by atoms with E-state index in [1.54, 1.807) is 0 Å². The van der Waals surface area contributed by atoms with Gasteiger partial charge in [0.05, 0.1) is 12.7 Å². The SMILES string of the molecule is COC(=O)c1ccc(C(C)(C)I)cc1Bc1ccccc1. The van der Waals surface area contributed by atoms with Crippen molar-refractivity contribution in [3.63, 3.8) is 0 Å². The molecule has 0 bridgehead atoms. The highest BCUT2D eigenvalue weighted by Crippen LogP contribution is 2.30. The highest BCUT2D eigenvalue weighted by Gasteiger charge is 2.20. The molecule has 2 aromatic carbocycles. The van der Waals surface area contributed by atoms with Crippen LogP contribution in [-0.4, -0.2) is 20.4 Å². The van der Waals surface area contributed by atoms with Crippen molar-refractivity contribution in [2.75, 3.05) is 7.11 Å². The van der Waals surface area contributed by atoms with Gasteiger partial charge in [-0.1, -0.05) is 76.0 Å². The molecule has 0 radical (unpaired) electrons. The molecule has 0 atom stereocenters. The maximum Gasteiger partial charge on any atom is 0.337 e. The van der Waals surface area contributed by atoms with Crippen molar-refractivity contribution in [3.05, 3.63) is 59.7 Å². The summed E-state index contributed by atoms with van der Waals surface area (Å²) in [7, 11) is 2.15. The molecule has 0 spiro atoms. The third kappa shape index (κ3) is 4.09. The summed E-state index contributed by atoms with van der Waals surface area (Å²) < 4.78 is 4.92. The van der Waals surface area contributed by atoms with E-state index in [-0.39, 0.29) is 9.39 Å². The normalized spacial score (nSPS) is 11.0. The van der Waals surface area contributed by atoms with Crippen LogP contribution in [0.1, 0.15) is 29.8 Å². The molecular weight excluding hydrogens is 374 g/mol. The van der Waals surface area contributed by atoms with Crippen molar-refractivity contribution < 1.29 is 9.53 Å². The monoisotopic (exact) mass is 392 g/mol. The summed E-state index contributed by atoms with van der Waals surface area (Å²) in [4.78, 5) is 12.0. The van der Waals surface area contributed by atoms with Gasteiger partial charge in [0.25, 0.3) is 0 Å². The Morgan fingerprint density at radius 2 is 1.81 bits per heavy atom. The third-order valence-electron chi connectivity index (χ3n) is 3.43. The smallest absolute Gasteiger partial charge is 0.337 e. The van der Waals surface area contributed by atoms with Crippen LogP contribution in [0.25, 0.3) is 0 Å². The van der Waals surface area contributed by atoms with Gasteiger partial charge >= 0.3 is 5.97 Å². The number of esters is 1. The lowest BCUT2D eigenvalue weighted by Crippen LogP contribution is -2.33. The Morgan fingerprint density at radius 3 is 2.38 bits per heavy atom. The molecule has 0 saturated carbocycles. The van der Waals surface area contributed by atoms with Crippen molar-refractivity contribution >= 4 is 46.8 Å². The predicted octanol–water partition coefficient (Wildman–Crippen LogP) is 2.53. The van der Waals surface area contributed by atoms with Crippen LogP contribution in [0.2, 0.25) is 0 Å². The number of benzene rings is 2. The molecule has 0 fully saturated rings. The van der Waals surface area contributed by atoms with Gasteiger partial charge in [0.2, 0.25) is 0 Å². The first-order chi connectivity index (χ1) is 9.91. The Labute approximate surface area is 140 Å². The Kier molecular flexibility index (Phi) is 5.09. The van der Waals surface area contributed by atoms with E-state index >= 15 is 0 Å². The summed E-state index contributed by atoms with van der Waals surface area (Å²) in [5, 5.41) is 0. The molecule has 2 nitrogen and oxygen atoms in total. The minimum Gasteiger partial charge on any atom is -0.465 e. The zero-order chi connectivity index (χ0) is 15.5. The number of ether oxygens (including phenoxy) is 1. The second-order valence-corrected chi connectivity index (χ2v) is 8.20. The number of methoxy groups -OCH3 is 1. The summed E-state index contributed by atoms with van der Waals surface area (Å²) in [6, 6.07) is 16.2. The molecule has 0 aromatic heterocycles. The van der Waals surface area contributed by atoms with Crippen LogP contribution in [0.5, 0.6) is 0 Å². The quantitative estimate of drug-likeness (QED) is 0.346. The minimum atomic E-state index is -0.279. The second-order valence-electron chi connectivity index (χ2n) is 5.50. The molecule has 0 unspecified atom stereocenters. The molecule has 0 amide bonds. The van der Waals surface area contributed by atoms with Gasteiger partial charge in [-0.15, -0.1) is 0 Å². The van der Waals surface area contributed by atoms with Crippen LogP contribution < -0.4 is 10.9 Å². The molecular formula is C17H18BIO2. The van der Waals surface area contributed by atoms with E-state index in [0.29, 0.717) is 5.56 Å². The van der Waals surface area contributed by atoms with Gasteiger partial charge in [0.15, 0.2) is 7.28 Å². The first kappa shape index (κ1) is 16.1. The molecule has 0 aliphatic rings. The number of hydrogen-bond acceptors (Lipinski definition) is 2. The van der Waals surface area contributed by atoms with Crippen LogP contribution in [0.15, 0.2) is 48.5 Å². The van der Waals surface area contributed by atoms with Crippen molar-refractivity contribution in [2.24, 2.45) is 0 Å². The Hall–Kier alpha value is -1.30. The molecule has 0 aliphatic heterocycles. The van der Waals surface area contributed by atoms with Gasteiger partial charge in [-0.05, 0) is 25.5 Å². The lowest BCUT2D eigenvalue weighted by atomic mass is 9.62. The predicted molar refractivity (Wildman–Crippen MR) is 97.7 cm³/mol. The van der Waals surface area contributed by atoms with E-state index in [4.69, 9.17) is 4.74 Å². The van der Waals surface area contributed by atoms with Crippen LogP contribution in [0.3, 0.4) is 0 Å². The van der Waals surface area contributed by atoms with Gasteiger partial charge in [-0.3, -0.25) is 0 Å². The maximum absolute atomic E-state index is 12.0. The molecule has 4 heteroatoms. The fourth-order valence-electron chi connectivity index (χ4n) is 2.23. The van der Waals surface area contributed by atoms with E-state index in [1.807, 2.05) is 30.3 Å². The number of halogens is 1. The van der Waals surface area contributed by atoms with E-state index in [2.05, 4.69) is 54.6 Å². The molecule has 108 valence electrons.